The van der Waals surface area contributed by atoms with Crippen molar-refractivity contribution in [1.29, 1.82) is 0 Å². The molecule has 2 aromatic rings. The van der Waals surface area contributed by atoms with Gasteiger partial charge in [0.1, 0.15) is 0 Å². The van der Waals surface area contributed by atoms with Crippen molar-refractivity contribution >= 4 is 0 Å². The van der Waals surface area contributed by atoms with Crippen molar-refractivity contribution in [1.82, 2.24) is 0 Å². The predicted molar refractivity (Wildman–Crippen MR) is 79.1 cm³/mol. The normalized spacial score (nSPS) is 10.6. The zero-order valence-electron chi connectivity index (χ0n) is 11.7. The number of aryl methyl sites for hydroxylation is 5. The first-order chi connectivity index (χ1) is 8.65. The Balaban J connectivity index is 1.88. The van der Waals surface area contributed by atoms with Crippen molar-refractivity contribution in [2.75, 3.05) is 0 Å². The van der Waals surface area contributed by atoms with Gasteiger partial charge in [-0.15, -0.1) is 0 Å². The maximum Gasteiger partial charge on any atom is -0.0276 e. The average molecular weight is 238 g/mol. The summed E-state index contributed by atoms with van der Waals surface area (Å²) >= 11 is 0. The quantitative estimate of drug-likeness (QED) is 0.718. The molecular weight excluding hydrogens is 216 g/mol. The van der Waals surface area contributed by atoms with Crippen molar-refractivity contribution in [3.8, 4) is 0 Å². The summed E-state index contributed by atoms with van der Waals surface area (Å²) in [7, 11) is 0. The van der Waals surface area contributed by atoms with Crippen LogP contribution in [0.5, 0.6) is 0 Å². The Bertz CT molecular complexity index is 506. The van der Waals surface area contributed by atoms with Crippen molar-refractivity contribution in [2.24, 2.45) is 0 Å². The van der Waals surface area contributed by atoms with Gasteiger partial charge in [0, 0.05) is 0 Å². The van der Waals surface area contributed by atoms with Crippen LogP contribution in [0.25, 0.3) is 0 Å². The molecule has 0 nitrogen and oxygen atoms in total. The summed E-state index contributed by atoms with van der Waals surface area (Å²) in [6.45, 7) is 6.50. The monoisotopic (exact) mass is 238 g/mol. The summed E-state index contributed by atoms with van der Waals surface area (Å²) in [6, 6.07) is 15.7. The summed E-state index contributed by atoms with van der Waals surface area (Å²) in [5.74, 6) is 0. The van der Waals surface area contributed by atoms with Gasteiger partial charge < -0.3 is 0 Å². The Labute approximate surface area is 111 Å². The maximum absolute atomic E-state index is 2.32. The fourth-order valence-electron chi connectivity index (χ4n) is 2.21. The summed E-state index contributed by atoms with van der Waals surface area (Å²) in [5, 5.41) is 0. The fourth-order valence-corrected chi connectivity index (χ4v) is 2.21. The topological polar surface area (TPSA) is 0 Å². The largest absolute Gasteiger partial charge is 0.0591 e. The molecular formula is C18H22. The molecule has 0 heteroatoms. The van der Waals surface area contributed by atoms with Crippen LogP contribution < -0.4 is 0 Å². The molecule has 0 unspecified atom stereocenters. The maximum atomic E-state index is 2.32. The lowest BCUT2D eigenvalue weighted by molar-refractivity contribution is 0.819. The van der Waals surface area contributed by atoms with Crippen molar-refractivity contribution in [3.05, 3.63) is 70.3 Å². The molecule has 0 aliphatic rings. The highest BCUT2D eigenvalue weighted by Crippen LogP contribution is 2.13. The van der Waals surface area contributed by atoms with Crippen molar-refractivity contribution in [2.45, 2.75) is 40.0 Å². The molecule has 0 heterocycles. The molecule has 0 fully saturated rings. The summed E-state index contributed by atoms with van der Waals surface area (Å²) < 4.78 is 0. The average Bonchev–Trinajstić information content (AvgIpc) is 2.36. The third kappa shape index (κ3) is 3.46. The number of hydrogen-bond acceptors (Lipinski definition) is 0. The Morgan fingerprint density at radius 3 is 1.94 bits per heavy atom. The first kappa shape index (κ1) is 12.9. The highest BCUT2D eigenvalue weighted by molar-refractivity contribution is 5.30. The van der Waals surface area contributed by atoms with Gasteiger partial charge in [-0.2, -0.15) is 0 Å². The van der Waals surface area contributed by atoms with Crippen LogP contribution in [0.1, 0.15) is 34.2 Å². The first-order valence-electron chi connectivity index (χ1n) is 6.77. The van der Waals surface area contributed by atoms with E-state index in [1.165, 1.54) is 47.1 Å². The zero-order chi connectivity index (χ0) is 13.0. The van der Waals surface area contributed by atoms with Gasteiger partial charge in [0.2, 0.25) is 0 Å². The predicted octanol–water partition coefficient (Wildman–Crippen LogP) is 4.79. The highest BCUT2D eigenvalue weighted by Gasteiger charge is 1.98. The standard InChI is InChI=1S/C18H22/c1-14-7-10-17(11-8-14)5-4-6-18-12-9-15(2)16(3)13-18/h7-13H,4-6H2,1-3H3. The second kappa shape index (κ2) is 5.86. The van der Waals surface area contributed by atoms with E-state index in [2.05, 4.69) is 63.2 Å². The molecule has 0 radical (unpaired) electrons. The van der Waals surface area contributed by atoms with E-state index < -0.39 is 0 Å². The van der Waals surface area contributed by atoms with Gasteiger partial charge in [-0.25, -0.2) is 0 Å². The van der Waals surface area contributed by atoms with Crippen LogP contribution in [0.15, 0.2) is 42.5 Å². The third-order valence-corrected chi connectivity index (χ3v) is 3.62. The van der Waals surface area contributed by atoms with E-state index >= 15 is 0 Å². The van der Waals surface area contributed by atoms with E-state index in [9.17, 15) is 0 Å². The lowest BCUT2D eigenvalue weighted by atomic mass is 10.0. The van der Waals surface area contributed by atoms with Gasteiger partial charge in [-0.05, 0) is 62.3 Å². The molecule has 2 rings (SSSR count). The van der Waals surface area contributed by atoms with E-state index in [-0.39, 0.29) is 0 Å². The lowest BCUT2D eigenvalue weighted by Crippen LogP contribution is -1.92. The van der Waals surface area contributed by atoms with Gasteiger partial charge in [0.15, 0.2) is 0 Å². The first-order valence-corrected chi connectivity index (χ1v) is 6.77. The third-order valence-electron chi connectivity index (χ3n) is 3.62. The summed E-state index contributed by atoms with van der Waals surface area (Å²) in [6.07, 6.45) is 3.58. The molecule has 18 heavy (non-hydrogen) atoms. The Hall–Kier alpha value is -1.56. The van der Waals surface area contributed by atoms with E-state index in [1.54, 1.807) is 0 Å². The Kier molecular flexibility index (Phi) is 4.19. The second-order valence-electron chi connectivity index (χ2n) is 5.26. The minimum absolute atomic E-state index is 1.17. The number of hydrogen-bond donors (Lipinski definition) is 0. The molecule has 0 spiro atoms. The smallest absolute Gasteiger partial charge is 0.0276 e. The van der Waals surface area contributed by atoms with Crippen molar-refractivity contribution < 1.29 is 0 Å². The van der Waals surface area contributed by atoms with E-state index in [1.807, 2.05) is 0 Å². The molecule has 0 bridgehead atoms. The molecule has 0 amide bonds. The molecule has 0 N–H and O–H groups in total. The van der Waals surface area contributed by atoms with Crippen molar-refractivity contribution in [3.63, 3.8) is 0 Å². The lowest BCUT2D eigenvalue weighted by Gasteiger charge is -2.06. The van der Waals surface area contributed by atoms with Crippen LogP contribution in [-0.2, 0) is 12.8 Å². The molecule has 94 valence electrons. The zero-order valence-corrected chi connectivity index (χ0v) is 11.7. The molecule has 0 aliphatic heterocycles. The SMILES string of the molecule is Cc1ccc(CCCc2ccc(C)c(C)c2)cc1. The minimum Gasteiger partial charge on any atom is -0.0591 e. The van der Waals surface area contributed by atoms with Gasteiger partial charge in [-0.1, -0.05) is 48.0 Å². The van der Waals surface area contributed by atoms with Gasteiger partial charge in [-0.3, -0.25) is 0 Å². The Morgan fingerprint density at radius 2 is 1.28 bits per heavy atom. The fraction of sp³-hybridized carbons (Fsp3) is 0.333. The van der Waals surface area contributed by atoms with Crippen LogP contribution in [0.3, 0.4) is 0 Å². The molecule has 0 aromatic heterocycles. The summed E-state index contributed by atoms with van der Waals surface area (Å²) in [5.41, 5.74) is 7.04. The van der Waals surface area contributed by atoms with Gasteiger partial charge in [0.05, 0.1) is 0 Å². The molecule has 0 aliphatic carbocycles. The van der Waals surface area contributed by atoms with Gasteiger partial charge in [0.25, 0.3) is 0 Å². The molecule has 0 saturated carbocycles. The number of benzene rings is 2. The Morgan fingerprint density at radius 1 is 0.667 bits per heavy atom. The number of rotatable bonds is 4. The highest BCUT2D eigenvalue weighted by atomic mass is 14.0. The van der Waals surface area contributed by atoms with Crippen LogP contribution in [0, 0.1) is 20.8 Å². The van der Waals surface area contributed by atoms with E-state index in [0.29, 0.717) is 0 Å². The van der Waals surface area contributed by atoms with Crippen LogP contribution >= 0.6 is 0 Å². The van der Waals surface area contributed by atoms with Crippen LogP contribution in [0.2, 0.25) is 0 Å². The molecule has 0 saturated heterocycles. The minimum atomic E-state index is 1.17. The van der Waals surface area contributed by atoms with Crippen LogP contribution in [-0.4, -0.2) is 0 Å². The van der Waals surface area contributed by atoms with Gasteiger partial charge >= 0.3 is 0 Å². The second-order valence-corrected chi connectivity index (χ2v) is 5.26. The summed E-state index contributed by atoms with van der Waals surface area (Å²) in [4.78, 5) is 0. The van der Waals surface area contributed by atoms with E-state index in [0.717, 1.165) is 0 Å². The molecule has 0 atom stereocenters. The van der Waals surface area contributed by atoms with Crippen LogP contribution in [0.4, 0.5) is 0 Å². The molecule has 2 aromatic carbocycles. The van der Waals surface area contributed by atoms with E-state index in [4.69, 9.17) is 0 Å².